The van der Waals surface area contributed by atoms with E-state index in [2.05, 4.69) is 15.0 Å². The Bertz CT molecular complexity index is 954. The Kier molecular flexibility index (Phi) is 3.70. The van der Waals surface area contributed by atoms with Gasteiger partial charge in [-0.1, -0.05) is 11.6 Å². The lowest BCUT2D eigenvalue weighted by Crippen LogP contribution is -2.28. The van der Waals surface area contributed by atoms with Crippen molar-refractivity contribution in [1.29, 1.82) is 0 Å². The molecule has 0 saturated heterocycles. The normalized spacial score (nSPS) is 12.5. The summed E-state index contributed by atoms with van der Waals surface area (Å²) in [5.41, 5.74) is 10.7. The van der Waals surface area contributed by atoms with Crippen molar-refractivity contribution in [3.8, 4) is 5.82 Å². The van der Waals surface area contributed by atoms with Crippen LogP contribution in [0.1, 0.15) is 18.8 Å². The molecule has 4 N–H and O–H groups in total. The van der Waals surface area contributed by atoms with Gasteiger partial charge in [-0.05, 0) is 19.1 Å². The molecule has 23 heavy (non-hydrogen) atoms. The lowest BCUT2D eigenvalue weighted by Gasteiger charge is -2.15. The minimum absolute atomic E-state index is 0.0466. The zero-order valence-electron chi connectivity index (χ0n) is 12.0. The highest BCUT2D eigenvalue weighted by molar-refractivity contribution is 6.35. The first kappa shape index (κ1) is 15.3. The van der Waals surface area contributed by atoms with Crippen LogP contribution >= 0.6 is 11.6 Å². The molecule has 1 aromatic carbocycles. The fraction of sp³-hybridized carbons (Fsp3) is 0.143. The monoisotopic (exact) mass is 334 g/mol. The van der Waals surface area contributed by atoms with Crippen molar-refractivity contribution in [2.75, 3.05) is 5.73 Å². The summed E-state index contributed by atoms with van der Waals surface area (Å²) in [6.07, 6.45) is 2.60. The molecule has 0 aliphatic heterocycles. The van der Waals surface area contributed by atoms with Gasteiger partial charge in [0.1, 0.15) is 23.0 Å². The first-order valence-electron chi connectivity index (χ1n) is 6.64. The highest BCUT2D eigenvalue weighted by Gasteiger charge is 2.20. The number of fused-ring (bicyclic) bond motifs is 1. The molecule has 9 heteroatoms. The van der Waals surface area contributed by atoms with Gasteiger partial charge in [-0.25, -0.2) is 23.9 Å². The van der Waals surface area contributed by atoms with Crippen molar-refractivity contribution < 1.29 is 4.39 Å². The van der Waals surface area contributed by atoms with Crippen LogP contribution in [0.5, 0.6) is 0 Å². The number of halogens is 2. The smallest absolute Gasteiger partial charge is 0.268 e. The van der Waals surface area contributed by atoms with Crippen LogP contribution in [-0.2, 0) is 0 Å². The second kappa shape index (κ2) is 5.56. The van der Waals surface area contributed by atoms with Crippen molar-refractivity contribution in [1.82, 2.24) is 19.5 Å². The maximum absolute atomic E-state index is 14.0. The molecule has 1 atom stereocenters. The van der Waals surface area contributed by atoms with Gasteiger partial charge in [-0.2, -0.15) is 0 Å². The molecule has 2 aromatic heterocycles. The van der Waals surface area contributed by atoms with Crippen LogP contribution in [0, 0.1) is 5.82 Å². The fourth-order valence-electron chi connectivity index (χ4n) is 2.21. The number of hydrogen-bond acceptors (Lipinski definition) is 6. The summed E-state index contributed by atoms with van der Waals surface area (Å²) in [7, 11) is 0. The maximum atomic E-state index is 14.0. The zero-order chi connectivity index (χ0) is 16.7. The molecule has 0 saturated carbocycles. The number of nitrogens with zero attached hydrogens (tertiary/aromatic N) is 4. The summed E-state index contributed by atoms with van der Waals surface area (Å²) in [6.45, 7) is 1.62. The fourth-order valence-corrected chi connectivity index (χ4v) is 2.44. The Balaban J connectivity index is 2.47. The van der Waals surface area contributed by atoms with Crippen molar-refractivity contribution in [2.24, 2.45) is 5.73 Å². The second-order valence-corrected chi connectivity index (χ2v) is 5.36. The number of anilines is 1. The zero-order valence-corrected chi connectivity index (χ0v) is 12.8. The number of benzene rings is 1. The molecule has 118 valence electrons. The maximum Gasteiger partial charge on any atom is 0.268 e. The standard InChI is InChI=1S/C14H12ClFN6O/c1-6(17)13-21-12-8(16)3-2-7(15)11(12)14(23)22(13)10-5-19-9(18)4-20-10/h2-6H,17H2,1H3,(H2,18,19)/t6-/m0/s1. The average Bonchev–Trinajstić information content (AvgIpc) is 2.51. The van der Waals surface area contributed by atoms with Gasteiger partial charge >= 0.3 is 0 Å². The van der Waals surface area contributed by atoms with E-state index in [4.69, 9.17) is 23.1 Å². The molecular formula is C14H12ClFN6O. The predicted molar refractivity (Wildman–Crippen MR) is 84.9 cm³/mol. The summed E-state index contributed by atoms with van der Waals surface area (Å²) >= 11 is 6.04. The minimum Gasteiger partial charge on any atom is -0.382 e. The van der Waals surface area contributed by atoms with Gasteiger partial charge < -0.3 is 11.5 Å². The average molecular weight is 335 g/mol. The van der Waals surface area contributed by atoms with Crippen molar-refractivity contribution in [3.63, 3.8) is 0 Å². The molecule has 0 aliphatic rings. The van der Waals surface area contributed by atoms with Gasteiger partial charge in [0.25, 0.3) is 5.56 Å². The Morgan fingerprint density at radius 1 is 1.30 bits per heavy atom. The van der Waals surface area contributed by atoms with Gasteiger partial charge in [-0.3, -0.25) is 4.79 Å². The van der Waals surface area contributed by atoms with Crippen molar-refractivity contribution in [2.45, 2.75) is 13.0 Å². The highest BCUT2D eigenvalue weighted by atomic mass is 35.5. The van der Waals surface area contributed by atoms with Crippen molar-refractivity contribution in [3.05, 3.63) is 51.5 Å². The third kappa shape index (κ3) is 2.51. The number of aromatic nitrogens is 4. The topological polar surface area (TPSA) is 113 Å². The molecule has 3 rings (SSSR count). The summed E-state index contributed by atoms with van der Waals surface area (Å²) in [6, 6.07) is 1.80. The molecule has 0 fully saturated rings. The van der Waals surface area contributed by atoms with E-state index in [1.807, 2.05) is 0 Å². The van der Waals surface area contributed by atoms with Crippen LogP contribution in [0.2, 0.25) is 5.02 Å². The third-order valence-electron chi connectivity index (χ3n) is 3.24. The Morgan fingerprint density at radius 3 is 2.65 bits per heavy atom. The van der Waals surface area contributed by atoms with E-state index in [0.29, 0.717) is 0 Å². The number of rotatable bonds is 2. The lowest BCUT2D eigenvalue weighted by atomic mass is 10.2. The van der Waals surface area contributed by atoms with Gasteiger partial charge in [0.2, 0.25) is 0 Å². The second-order valence-electron chi connectivity index (χ2n) is 4.95. The molecule has 3 aromatic rings. The minimum atomic E-state index is -0.654. The Labute approximate surface area is 134 Å². The molecular weight excluding hydrogens is 323 g/mol. The molecule has 0 spiro atoms. The first-order chi connectivity index (χ1) is 10.9. The molecule has 0 aliphatic carbocycles. The van der Waals surface area contributed by atoms with E-state index in [0.717, 1.165) is 10.6 Å². The van der Waals surface area contributed by atoms with Gasteiger partial charge in [0.15, 0.2) is 5.82 Å². The summed E-state index contributed by atoms with van der Waals surface area (Å²) in [5.74, 6) is -0.144. The Hall–Kier alpha value is -2.58. The summed E-state index contributed by atoms with van der Waals surface area (Å²) in [4.78, 5) is 25.0. The van der Waals surface area contributed by atoms with Crippen LogP contribution in [0.25, 0.3) is 16.7 Å². The van der Waals surface area contributed by atoms with Gasteiger partial charge in [0, 0.05) is 0 Å². The van der Waals surface area contributed by atoms with Crippen LogP contribution in [0.3, 0.4) is 0 Å². The lowest BCUT2D eigenvalue weighted by molar-refractivity contribution is 0.629. The van der Waals surface area contributed by atoms with E-state index in [1.54, 1.807) is 6.92 Å². The van der Waals surface area contributed by atoms with E-state index in [9.17, 15) is 9.18 Å². The van der Waals surface area contributed by atoms with E-state index < -0.39 is 17.4 Å². The van der Waals surface area contributed by atoms with Gasteiger partial charge in [-0.15, -0.1) is 0 Å². The van der Waals surface area contributed by atoms with Crippen LogP contribution < -0.4 is 17.0 Å². The van der Waals surface area contributed by atoms with Crippen LogP contribution in [-0.4, -0.2) is 19.5 Å². The molecule has 0 bridgehead atoms. The number of nitrogens with two attached hydrogens (primary N) is 2. The quantitative estimate of drug-likeness (QED) is 0.735. The van der Waals surface area contributed by atoms with Crippen molar-refractivity contribution >= 4 is 28.3 Å². The summed E-state index contributed by atoms with van der Waals surface area (Å²) in [5, 5.41) is 0.0435. The summed E-state index contributed by atoms with van der Waals surface area (Å²) < 4.78 is 15.2. The third-order valence-corrected chi connectivity index (χ3v) is 3.56. The largest absolute Gasteiger partial charge is 0.382 e. The van der Waals surface area contributed by atoms with E-state index >= 15 is 0 Å². The van der Waals surface area contributed by atoms with E-state index in [1.165, 1.54) is 18.5 Å². The van der Waals surface area contributed by atoms with Gasteiger partial charge in [0.05, 0.1) is 28.8 Å². The molecule has 0 amide bonds. The first-order valence-corrected chi connectivity index (χ1v) is 7.02. The predicted octanol–water partition coefficient (Wildman–Crippen LogP) is 1.57. The van der Waals surface area contributed by atoms with Crippen LogP contribution in [0.15, 0.2) is 29.3 Å². The molecule has 2 heterocycles. The van der Waals surface area contributed by atoms with Crippen LogP contribution in [0.4, 0.5) is 10.2 Å². The molecule has 0 unspecified atom stereocenters. The molecule has 0 radical (unpaired) electrons. The number of hydrogen-bond donors (Lipinski definition) is 2. The highest BCUT2D eigenvalue weighted by Crippen LogP contribution is 2.23. The SMILES string of the molecule is C[C@H](N)c1nc2c(F)ccc(Cl)c2c(=O)n1-c1cnc(N)cn1. The van der Waals surface area contributed by atoms with E-state index in [-0.39, 0.29) is 33.4 Å². The molecule has 7 nitrogen and oxygen atoms in total. The number of nitrogen functional groups attached to an aromatic ring is 1. The Morgan fingerprint density at radius 2 is 2.04 bits per heavy atom.